The second-order valence-electron chi connectivity index (χ2n) is 11.7. The van der Waals surface area contributed by atoms with E-state index >= 15 is 0 Å². The summed E-state index contributed by atoms with van der Waals surface area (Å²) in [4.78, 5) is 13.4. The molecule has 10 atom stereocenters. The normalized spacial score (nSPS) is 48.7. The molecule has 5 aliphatic carbocycles. The predicted molar refractivity (Wildman–Crippen MR) is 115 cm³/mol. The fraction of sp³-hybridized carbons (Fsp3) is 0.808. The number of ketones is 1. The van der Waals surface area contributed by atoms with E-state index in [2.05, 4.69) is 24.0 Å². The van der Waals surface area contributed by atoms with Gasteiger partial charge in [-0.2, -0.15) is 10.2 Å². The lowest BCUT2D eigenvalue weighted by Crippen LogP contribution is -2.51. The summed E-state index contributed by atoms with van der Waals surface area (Å²) in [6.07, 6.45) is 14.4. The first-order valence-corrected chi connectivity index (χ1v) is 12.5. The Morgan fingerprint density at radius 1 is 1.03 bits per heavy atom. The van der Waals surface area contributed by atoms with Crippen LogP contribution in [0.5, 0.6) is 5.75 Å². The van der Waals surface area contributed by atoms with Crippen LogP contribution >= 0.6 is 0 Å². The van der Waals surface area contributed by atoms with Gasteiger partial charge in [0.25, 0.3) is 0 Å². The molecule has 0 aliphatic heterocycles. The van der Waals surface area contributed by atoms with Gasteiger partial charge in [-0.25, -0.2) is 0 Å². The number of nitrogens with zero attached hydrogens (tertiary/aromatic N) is 2. The molecule has 0 aromatic carbocycles. The molecule has 6 rings (SSSR count). The van der Waals surface area contributed by atoms with Crippen molar-refractivity contribution < 1.29 is 9.53 Å². The Labute approximate surface area is 180 Å². The number of carbonyl (C=O) groups excluding carboxylic acids is 1. The first-order chi connectivity index (χ1) is 14.6. The highest BCUT2D eigenvalue weighted by Gasteiger charge is 2.70. The van der Waals surface area contributed by atoms with Crippen LogP contribution in [-0.2, 0) is 4.79 Å². The number of hydrogen-bond acceptors (Lipinski definition) is 4. The average molecular weight is 409 g/mol. The highest BCUT2D eigenvalue weighted by atomic mass is 16.5. The van der Waals surface area contributed by atoms with Crippen LogP contribution in [-0.4, -0.2) is 22.6 Å². The van der Waals surface area contributed by atoms with Gasteiger partial charge in [0, 0.05) is 12.0 Å². The molecule has 5 fully saturated rings. The lowest BCUT2D eigenvalue weighted by molar-refractivity contribution is -0.135. The molecular formula is C26H36N2O2. The minimum Gasteiger partial charge on any atom is -0.484 e. The van der Waals surface area contributed by atoms with Crippen LogP contribution in [0, 0.1) is 58.7 Å². The smallest absolute Gasteiger partial charge is 0.174 e. The monoisotopic (exact) mass is 408 g/mol. The zero-order valence-corrected chi connectivity index (χ0v) is 18.5. The van der Waals surface area contributed by atoms with Gasteiger partial charge in [-0.15, -0.1) is 0 Å². The summed E-state index contributed by atoms with van der Waals surface area (Å²) in [6, 6.07) is 1.79. The molecule has 0 bridgehead atoms. The molecule has 4 nitrogen and oxygen atoms in total. The Morgan fingerprint density at radius 3 is 2.73 bits per heavy atom. The quantitative estimate of drug-likeness (QED) is 0.688. The van der Waals surface area contributed by atoms with Gasteiger partial charge < -0.3 is 4.74 Å². The van der Waals surface area contributed by atoms with Crippen molar-refractivity contribution in [1.82, 2.24) is 10.2 Å². The van der Waals surface area contributed by atoms with Crippen LogP contribution in [0.25, 0.3) is 0 Å². The second-order valence-corrected chi connectivity index (χ2v) is 11.7. The van der Waals surface area contributed by atoms with E-state index in [-0.39, 0.29) is 17.9 Å². The van der Waals surface area contributed by atoms with Crippen LogP contribution in [0.15, 0.2) is 18.5 Å². The fourth-order valence-electron chi connectivity index (χ4n) is 9.27. The Balaban J connectivity index is 1.19. The molecule has 2 unspecified atom stereocenters. The number of hydrogen-bond donors (Lipinski definition) is 0. The van der Waals surface area contributed by atoms with E-state index in [4.69, 9.17) is 4.74 Å². The molecule has 5 aliphatic rings. The van der Waals surface area contributed by atoms with Crippen LogP contribution in [0.4, 0.5) is 0 Å². The lowest BCUT2D eigenvalue weighted by Gasteiger charge is -2.57. The Hall–Kier alpha value is -1.45. The molecule has 1 aromatic rings. The van der Waals surface area contributed by atoms with Gasteiger partial charge in [0.05, 0.1) is 12.4 Å². The summed E-state index contributed by atoms with van der Waals surface area (Å²) < 4.78 is 5.81. The molecule has 5 saturated carbocycles. The van der Waals surface area contributed by atoms with Crippen LogP contribution < -0.4 is 4.74 Å². The predicted octanol–water partition coefficient (Wildman–Crippen LogP) is 5.19. The second kappa shape index (κ2) is 7.03. The van der Waals surface area contributed by atoms with Crippen molar-refractivity contribution >= 4 is 5.78 Å². The Bertz CT molecular complexity index is 813. The minimum atomic E-state index is 0.193. The van der Waals surface area contributed by atoms with Crippen LogP contribution in [0.1, 0.15) is 65.2 Å². The summed E-state index contributed by atoms with van der Waals surface area (Å²) in [7, 11) is 0. The van der Waals surface area contributed by atoms with Crippen molar-refractivity contribution in [3.05, 3.63) is 18.5 Å². The van der Waals surface area contributed by atoms with Gasteiger partial charge in [-0.3, -0.25) is 4.79 Å². The zero-order valence-electron chi connectivity index (χ0n) is 18.5. The van der Waals surface area contributed by atoms with Crippen molar-refractivity contribution in [2.24, 2.45) is 58.7 Å². The summed E-state index contributed by atoms with van der Waals surface area (Å²) in [5.41, 5.74) is 0.209. The highest BCUT2D eigenvalue weighted by molar-refractivity contribution is 5.84. The first kappa shape index (κ1) is 19.3. The largest absolute Gasteiger partial charge is 0.484 e. The van der Waals surface area contributed by atoms with Gasteiger partial charge >= 0.3 is 0 Å². The van der Waals surface area contributed by atoms with E-state index in [1.54, 1.807) is 18.5 Å². The topological polar surface area (TPSA) is 52.1 Å². The molecule has 0 amide bonds. The number of fused-ring (bicyclic) bond motifs is 7. The van der Waals surface area contributed by atoms with Crippen molar-refractivity contribution in [2.45, 2.75) is 65.2 Å². The minimum absolute atomic E-state index is 0.193. The van der Waals surface area contributed by atoms with Crippen molar-refractivity contribution in [2.75, 3.05) is 6.61 Å². The maximum atomic E-state index is 13.4. The molecule has 4 heteroatoms. The summed E-state index contributed by atoms with van der Waals surface area (Å²) >= 11 is 0. The van der Waals surface area contributed by atoms with E-state index in [0.29, 0.717) is 17.5 Å². The zero-order chi connectivity index (χ0) is 20.5. The SMILES string of the molecule is C[C@H]1CC[C@@H]2C3CC[C@@]4(C)C([C@@H]3CC[C@@H]2C1)[C@@H]1C[C@@H]1[C@@H]4C(=O)COc1ccnnc1. The van der Waals surface area contributed by atoms with E-state index < -0.39 is 0 Å². The Morgan fingerprint density at radius 2 is 1.90 bits per heavy atom. The molecule has 0 N–H and O–H groups in total. The number of carbonyl (C=O) groups is 1. The number of Topliss-reactive ketones (excluding diaryl/α,β-unsaturated/α-hetero) is 1. The third-order valence-corrected chi connectivity index (χ3v) is 10.3. The molecule has 0 radical (unpaired) electrons. The maximum absolute atomic E-state index is 13.4. The molecule has 1 heterocycles. The third-order valence-electron chi connectivity index (χ3n) is 10.3. The molecular weight excluding hydrogens is 372 g/mol. The van der Waals surface area contributed by atoms with Gasteiger partial charge in [0.15, 0.2) is 5.78 Å². The summed E-state index contributed by atoms with van der Waals surface area (Å²) in [5.74, 6) is 8.20. The first-order valence-electron chi connectivity index (χ1n) is 12.5. The fourth-order valence-corrected chi connectivity index (χ4v) is 9.27. The molecule has 162 valence electrons. The van der Waals surface area contributed by atoms with Gasteiger partial charge in [-0.05, 0) is 97.7 Å². The lowest BCUT2D eigenvalue weighted by atomic mass is 9.48. The van der Waals surface area contributed by atoms with Gasteiger partial charge in [0.2, 0.25) is 0 Å². The van der Waals surface area contributed by atoms with Crippen LogP contribution in [0.2, 0.25) is 0 Å². The van der Waals surface area contributed by atoms with Crippen molar-refractivity contribution in [3.63, 3.8) is 0 Å². The van der Waals surface area contributed by atoms with Gasteiger partial charge in [-0.1, -0.05) is 20.3 Å². The van der Waals surface area contributed by atoms with Crippen molar-refractivity contribution in [1.29, 1.82) is 0 Å². The molecule has 1 aromatic heterocycles. The summed E-state index contributed by atoms with van der Waals surface area (Å²) in [5, 5.41) is 7.65. The molecule has 0 saturated heterocycles. The third kappa shape index (κ3) is 2.88. The standard InChI is InChI=1S/C26H36N2O2/c1-15-3-5-18-16(11-15)4-6-20-19(18)7-9-26(2)24(20)21-12-22(21)25(26)23(29)14-30-17-8-10-27-28-13-17/h8,10,13,15-16,18-22,24-25H,3-7,9,11-12,14H2,1-2H3/t15-,16+,18-,19?,20+,21+,22-,24?,25+,26-/m0/s1. The highest BCUT2D eigenvalue weighted by Crippen LogP contribution is 2.74. The number of aromatic nitrogens is 2. The van der Waals surface area contributed by atoms with E-state index in [9.17, 15) is 4.79 Å². The van der Waals surface area contributed by atoms with E-state index in [1.807, 2.05) is 0 Å². The molecule has 0 spiro atoms. The maximum Gasteiger partial charge on any atom is 0.174 e. The van der Waals surface area contributed by atoms with Gasteiger partial charge in [0.1, 0.15) is 12.4 Å². The van der Waals surface area contributed by atoms with E-state index in [0.717, 1.165) is 41.4 Å². The number of ether oxygens (including phenoxy) is 1. The van der Waals surface area contributed by atoms with Crippen LogP contribution in [0.3, 0.4) is 0 Å². The average Bonchev–Trinajstić information content (AvgIpc) is 3.46. The number of rotatable bonds is 4. The Kier molecular flexibility index (Phi) is 4.51. The van der Waals surface area contributed by atoms with Crippen molar-refractivity contribution in [3.8, 4) is 5.75 Å². The molecule has 30 heavy (non-hydrogen) atoms. The summed E-state index contributed by atoms with van der Waals surface area (Å²) in [6.45, 7) is 5.14. The van der Waals surface area contributed by atoms with E-state index in [1.165, 1.54) is 51.4 Å².